The average molecular weight is 400 g/mol. The van der Waals surface area contributed by atoms with Crippen molar-refractivity contribution in [3.63, 3.8) is 0 Å². The largest absolute Gasteiger partial charge is 0.467 e. The van der Waals surface area contributed by atoms with Crippen LogP contribution in [-0.2, 0) is 11.3 Å². The van der Waals surface area contributed by atoms with Crippen LogP contribution in [0.1, 0.15) is 63.1 Å². The van der Waals surface area contributed by atoms with Gasteiger partial charge in [0.05, 0.1) is 24.1 Å². The molecule has 2 N–H and O–H groups in total. The molecule has 0 aliphatic rings. The number of benzene rings is 1. The van der Waals surface area contributed by atoms with Gasteiger partial charge >= 0.3 is 0 Å². The van der Waals surface area contributed by atoms with Gasteiger partial charge in [-0.05, 0) is 43.2 Å². The molecule has 6 heteroatoms. The van der Waals surface area contributed by atoms with Crippen LogP contribution >= 0.6 is 0 Å². The zero-order chi connectivity index (χ0) is 21.2. The molecule has 0 saturated heterocycles. The number of carbonyl (C=O) groups is 2. The standard InChI is InChI=1S/C23H33N3O3/c1-5-7-13-26(16-19-9-8-14-29-19)21-11-10-18(25-22(27)17(3)4)15-20(21)23(28)24-12-6-2/h8-11,14-15,17H,5-7,12-13,16H2,1-4H3,(H,24,28)(H,25,27). The van der Waals surface area contributed by atoms with Crippen molar-refractivity contribution in [2.45, 2.75) is 53.5 Å². The molecule has 0 unspecified atom stereocenters. The summed E-state index contributed by atoms with van der Waals surface area (Å²) in [6.45, 7) is 9.84. The minimum Gasteiger partial charge on any atom is -0.467 e. The van der Waals surface area contributed by atoms with Crippen molar-refractivity contribution < 1.29 is 14.0 Å². The van der Waals surface area contributed by atoms with Crippen LogP contribution in [0.4, 0.5) is 11.4 Å². The van der Waals surface area contributed by atoms with Gasteiger partial charge in [-0.15, -0.1) is 0 Å². The molecular weight excluding hydrogens is 366 g/mol. The smallest absolute Gasteiger partial charge is 0.253 e. The van der Waals surface area contributed by atoms with E-state index < -0.39 is 0 Å². The van der Waals surface area contributed by atoms with Gasteiger partial charge in [0, 0.05) is 24.7 Å². The van der Waals surface area contributed by atoms with Gasteiger partial charge < -0.3 is 20.0 Å². The number of hydrogen-bond acceptors (Lipinski definition) is 4. The topological polar surface area (TPSA) is 74.6 Å². The van der Waals surface area contributed by atoms with Crippen LogP contribution < -0.4 is 15.5 Å². The lowest BCUT2D eigenvalue weighted by Crippen LogP contribution is -2.30. The summed E-state index contributed by atoms with van der Waals surface area (Å²) in [6.07, 6.45) is 4.57. The maximum absolute atomic E-state index is 12.9. The average Bonchev–Trinajstić information content (AvgIpc) is 3.22. The molecule has 0 aliphatic heterocycles. The fourth-order valence-electron chi connectivity index (χ4n) is 2.92. The molecule has 1 aromatic heterocycles. The number of furan rings is 1. The molecule has 1 heterocycles. The fraction of sp³-hybridized carbons (Fsp3) is 0.478. The Morgan fingerprint density at radius 1 is 1.14 bits per heavy atom. The molecule has 2 aromatic rings. The highest BCUT2D eigenvalue weighted by Gasteiger charge is 2.19. The first-order valence-electron chi connectivity index (χ1n) is 10.5. The van der Waals surface area contributed by atoms with Crippen molar-refractivity contribution in [2.75, 3.05) is 23.3 Å². The van der Waals surface area contributed by atoms with Gasteiger partial charge in [0.15, 0.2) is 0 Å². The first-order valence-corrected chi connectivity index (χ1v) is 10.5. The van der Waals surface area contributed by atoms with Crippen molar-refractivity contribution in [1.29, 1.82) is 0 Å². The van der Waals surface area contributed by atoms with E-state index in [2.05, 4.69) is 22.5 Å². The minimum atomic E-state index is -0.136. The lowest BCUT2D eigenvalue weighted by atomic mass is 10.1. The Morgan fingerprint density at radius 2 is 1.93 bits per heavy atom. The van der Waals surface area contributed by atoms with Crippen LogP contribution in [0.15, 0.2) is 41.0 Å². The molecule has 1 aromatic carbocycles. The van der Waals surface area contributed by atoms with Gasteiger partial charge in [-0.25, -0.2) is 0 Å². The predicted octanol–water partition coefficient (Wildman–Crippen LogP) is 4.82. The predicted molar refractivity (Wildman–Crippen MR) is 117 cm³/mol. The number of nitrogens with one attached hydrogen (secondary N) is 2. The quantitative estimate of drug-likeness (QED) is 0.568. The van der Waals surface area contributed by atoms with E-state index in [4.69, 9.17) is 4.42 Å². The Labute approximate surface area is 173 Å². The summed E-state index contributed by atoms with van der Waals surface area (Å²) in [7, 11) is 0. The number of rotatable bonds is 11. The van der Waals surface area contributed by atoms with Gasteiger partial charge in [-0.1, -0.05) is 34.1 Å². The Bertz CT molecular complexity index is 785. The highest BCUT2D eigenvalue weighted by Crippen LogP contribution is 2.27. The monoisotopic (exact) mass is 399 g/mol. The number of nitrogens with zero attached hydrogens (tertiary/aromatic N) is 1. The molecule has 2 rings (SSSR count). The SMILES string of the molecule is CCCCN(Cc1ccco1)c1ccc(NC(=O)C(C)C)cc1C(=O)NCCC. The van der Waals surface area contributed by atoms with Crippen molar-refractivity contribution in [3.8, 4) is 0 Å². The summed E-state index contributed by atoms with van der Waals surface area (Å²) in [6, 6.07) is 9.34. The van der Waals surface area contributed by atoms with Crippen LogP contribution in [0.5, 0.6) is 0 Å². The maximum Gasteiger partial charge on any atom is 0.253 e. The van der Waals surface area contributed by atoms with Gasteiger partial charge in [0.1, 0.15) is 5.76 Å². The first kappa shape index (κ1) is 22.5. The maximum atomic E-state index is 12.9. The van der Waals surface area contributed by atoms with Crippen LogP contribution in [0, 0.1) is 5.92 Å². The molecule has 0 fully saturated rings. The summed E-state index contributed by atoms with van der Waals surface area (Å²) < 4.78 is 5.53. The summed E-state index contributed by atoms with van der Waals surface area (Å²) in [5.74, 6) is 0.504. The van der Waals surface area contributed by atoms with E-state index in [-0.39, 0.29) is 17.7 Å². The molecule has 0 radical (unpaired) electrons. The van der Waals surface area contributed by atoms with Crippen LogP contribution in [0.3, 0.4) is 0 Å². The summed E-state index contributed by atoms with van der Waals surface area (Å²) in [4.78, 5) is 27.2. The second-order valence-corrected chi connectivity index (χ2v) is 7.49. The summed E-state index contributed by atoms with van der Waals surface area (Å²) >= 11 is 0. The zero-order valence-corrected chi connectivity index (χ0v) is 18.0. The van der Waals surface area contributed by atoms with E-state index in [1.165, 1.54) is 0 Å². The fourth-order valence-corrected chi connectivity index (χ4v) is 2.92. The molecule has 2 amide bonds. The van der Waals surface area contributed by atoms with Crippen molar-refractivity contribution in [2.24, 2.45) is 5.92 Å². The zero-order valence-electron chi connectivity index (χ0n) is 18.0. The molecule has 6 nitrogen and oxygen atoms in total. The van der Waals surface area contributed by atoms with Gasteiger partial charge in [-0.3, -0.25) is 9.59 Å². The van der Waals surface area contributed by atoms with Crippen LogP contribution in [0.2, 0.25) is 0 Å². The number of hydrogen-bond donors (Lipinski definition) is 2. The Morgan fingerprint density at radius 3 is 2.55 bits per heavy atom. The molecule has 158 valence electrons. The van der Waals surface area contributed by atoms with E-state index in [0.29, 0.717) is 24.3 Å². The van der Waals surface area contributed by atoms with Gasteiger partial charge in [0.2, 0.25) is 5.91 Å². The van der Waals surface area contributed by atoms with E-state index in [0.717, 1.165) is 37.3 Å². The van der Waals surface area contributed by atoms with Crippen molar-refractivity contribution in [3.05, 3.63) is 47.9 Å². The minimum absolute atomic E-state index is 0.0731. The van der Waals surface area contributed by atoms with E-state index in [1.807, 2.05) is 45.0 Å². The van der Waals surface area contributed by atoms with Crippen LogP contribution in [0.25, 0.3) is 0 Å². The number of carbonyl (C=O) groups excluding carboxylic acids is 2. The normalized spacial score (nSPS) is 10.8. The highest BCUT2D eigenvalue weighted by molar-refractivity contribution is 6.02. The van der Waals surface area contributed by atoms with E-state index in [1.54, 1.807) is 12.3 Å². The lowest BCUT2D eigenvalue weighted by Gasteiger charge is -2.26. The molecule has 0 bridgehead atoms. The third-order valence-electron chi connectivity index (χ3n) is 4.62. The Kier molecular flexibility index (Phi) is 8.77. The van der Waals surface area contributed by atoms with E-state index in [9.17, 15) is 9.59 Å². The number of amides is 2. The summed E-state index contributed by atoms with van der Waals surface area (Å²) in [5, 5.41) is 5.85. The first-order chi connectivity index (χ1) is 14.0. The van der Waals surface area contributed by atoms with Crippen molar-refractivity contribution >= 4 is 23.2 Å². The molecule has 29 heavy (non-hydrogen) atoms. The van der Waals surface area contributed by atoms with E-state index >= 15 is 0 Å². The third-order valence-corrected chi connectivity index (χ3v) is 4.62. The second-order valence-electron chi connectivity index (χ2n) is 7.49. The number of anilines is 2. The highest BCUT2D eigenvalue weighted by atomic mass is 16.3. The Balaban J connectivity index is 2.38. The second kappa shape index (κ2) is 11.3. The lowest BCUT2D eigenvalue weighted by molar-refractivity contribution is -0.118. The number of unbranched alkanes of at least 4 members (excludes halogenated alkanes) is 1. The van der Waals surface area contributed by atoms with Gasteiger partial charge in [-0.2, -0.15) is 0 Å². The third kappa shape index (κ3) is 6.66. The summed E-state index contributed by atoms with van der Waals surface area (Å²) in [5.41, 5.74) is 2.02. The Hall–Kier alpha value is -2.76. The molecule has 0 atom stereocenters. The molecule has 0 aliphatic carbocycles. The van der Waals surface area contributed by atoms with Crippen LogP contribution in [-0.4, -0.2) is 24.9 Å². The molecule has 0 spiro atoms. The van der Waals surface area contributed by atoms with Gasteiger partial charge in [0.25, 0.3) is 5.91 Å². The van der Waals surface area contributed by atoms with Crippen molar-refractivity contribution in [1.82, 2.24) is 5.32 Å². The molecular formula is C23H33N3O3. The molecule has 0 saturated carbocycles.